The van der Waals surface area contributed by atoms with Crippen LogP contribution in [-0.2, 0) is 0 Å². The molecule has 8 nitrogen and oxygen atoms in total. The van der Waals surface area contributed by atoms with E-state index >= 15 is 0 Å². The minimum absolute atomic E-state index is 0.0588. The van der Waals surface area contributed by atoms with Gasteiger partial charge in [0.05, 0.1) is 46.8 Å². The summed E-state index contributed by atoms with van der Waals surface area (Å²) in [5.74, 6) is 2.00. The fourth-order valence-corrected chi connectivity index (χ4v) is 3.59. The minimum atomic E-state index is -0.235. The fourth-order valence-electron chi connectivity index (χ4n) is 3.59. The van der Waals surface area contributed by atoms with E-state index in [-0.39, 0.29) is 17.3 Å². The second kappa shape index (κ2) is 12.2. The van der Waals surface area contributed by atoms with Gasteiger partial charge in [-0.1, -0.05) is 24.3 Å². The van der Waals surface area contributed by atoms with Crippen LogP contribution in [0.2, 0.25) is 0 Å². The highest BCUT2D eigenvalue weighted by Crippen LogP contribution is 2.39. The Morgan fingerprint density at radius 1 is 0.750 bits per heavy atom. The lowest BCUT2D eigenvalue weighted by atomic mass is 10.1. The molecule has 0 aliphatic rings. The molecule has 0 atom stereocenters. The number of hydrogen-bond donors (Lipinski definition) is 2. The molecular formula is C28H29NO7. The maximum absolute atomic E-state index is 12.6. The molecule has 0 saturated carbocycles. The first-order chi connectivity index (χ1) is 17.4. The predicted octanol–water partition coefficient (Wildman–Crippen LogP) is 5.41. The van der Waals surface area contributed by atoms with Crippen molar-refractivity contribution < 1.29 is 33.6 Å². The van der Waals surface area contributed by atoms with Crippen LogP contribution in [0.1, 0.15) is 21.5 Å². The third-order valence-electron chi connectivity index (χ3n) is 5.30. The zero-order valence-corrected chi connectivity index (χ0v) is 20.8. The first-order valence-electron chi connectivity index (χ1n) is 10.9. The SMILES string of the molecule is COc1ccccc1C(=O)C=CNc1cc(C=Cc2cc(OC)c(OC)c(OC)c2)cc(O)c1OC. The van der Waals surface area contributed by atoms with Crippen molar-refractivity contribution in [1.82, 2.24) is 0 Å². The summed E-state index contributed by atoms with van der Waals surface area (Å²) < 4.78 is 26.7. The summed E-state index contributed by atoms with van der Waals surface area (Å²) >= 11 is 0. The van der Waals surface area contributed by atoms with E-state index in [0.29, 0.717) is 39.8 Å². The molecular weight excluding hydrogens is 462 g/mol. The third kappa shape index (κ3) is 5.90. The Kier molecular flexibility index (Phi) is 8.83. The minimum Gasteiger partial charge on any atom is -0.504 e. The predicted molar refractivity (Wildman–Crippen MR) is 140 cm³/mol. The molecule has 0 fully saturated rings. The highest BCUT2D eigenvalue weighted by atomic mass is 16.5. The zero-order chi connectivity index (χ0) is 26.1. The van der Waals surface area contributed by atoms with Gasteiger partial charge >= 0.3 is 0 Å². The number of aromatic hydroxyl groups is 1. The number of para-hydroxylation sites is 1. The highest BCUT2D eigenvalue weighted by Gasteiger charge is 2.13. The van der Waals surface area contributed by atoms with Gasteiger partial charge in [-0.2, -0.15) is 0 Å². The van der Waals surface area contributed by atoms with Gasteiger partial charge in [0.25, 0.3) is 0 Å². The van der Waals surface area contributed by atoms with Crippen LogP contribution in [0.25, 0.3) is 12.2 Å². The van der Waals surface area contributed by atoms with E-state index in [4.69, 9.17) is 23.7 Å². The molecule has 0 bridgehead atoms. The van der Waals surface area contributed by atoms with Gasteiger partial charge in [-0.15, -0.1) is 0 Å². The lowest BCUT2D eigenvalue weighted by Gasteiger charge is -2.13. The molecule has 0 heterocycles. The zero-order valence-electron chi connectivity index (χ0n) is 20.8. The Labute approximate surface area is 210 Å². The van der Waals surface area contributed by atoms with Crippen molar-refractivity contribution in [3.8, 4) is 34.5 Å². The number of phenols is 1. The molecule has 0 radical (unpaired) electrons. The number of ether oxygens (including phenoxy) is 5. The standard InChI is InChI=1S/C28H29NO7/c1-32-24-9-7-6-8-20(24)22(30)12-13-29-21-14-18(15-23(31)27(21)35-4)10-11-19-16-25(33-2)28(36-5)26(17-19)34-3/h6-17,29,31H,1-5H3. The summed E-state index contributed by atoms with van der Waals surface area (Å²) in [5.41, 5.74) is 2.41. The van der Waals surface area contributed by atoms with Crippen LogP contribution in [0.3, 0.4) is 0 Å². The number of ketones is 1. The number of hydrogen-bond acceptors (Lipinski definition) is 8. The van der Waals surface area contributed by atoms with E-state index in [1.54, 1.807) is 57.7 Å². The quantitative estimate of drug-likeness (QED) is 0.209. The van der Waals surface area contributed by atoms with E-state index in [9.17, 15) is 9.90 Å². The van der Waals surface area contributed by atoms with E-state index in [2.05, 4.69) is 5.32 Å². The van der Waals surface area contributed by atoms with Crippen LogP contribution in [-0.4, -0.2) is 46.4 Å². The van der Waals surface area contributed by atoms with Gasteiger partial charge < -0.3 is 34.1 Å². The van der Waals surface area contributed by atoms with Gasteiger partial charge in [0, 0.05) is 12.3 Å². The molecule has 3 aromatic carbocycles. The van der Waals surface area contributed by atoms with E-state index in [0.717, 1.165) is 5.56 Å². The lowest BCUT2D eigenvalue weighted by molar-refractivity contribution is 0.104. The highest BCUT2D eigenvalue weighted by molar-refractivity contribution is 6.06. The number of carbonyl (C=O) groups is 1. The van der Waals surface area contributed by atoms with Gasteiger partial charge in [-0.05, 0) is 47.5 Å². The average molecular weight is 492 g/mol. The Balaban J connectivity index is 1.86. The first kappa shape index (κ1) is 26.0. The summed E-state index contributed by atoms with van der Waals surface area (Å²) in [5, 5.41) is 13.5. The Hall–Kier alpha value is -4.59. The molecule has 0 aliphatic carbocycles. The molecule has 3 aromatic rings. The second-order valence-corrected chi connectivity index (χ2v) is 7.46. The van der Waals surface area contributed by atoms with Crippen molar-refractivity contribution >= 4 is 23.6 Å². The molecule has 188 valence electrons. The van der Waals surface area contributed by atoms with Gasteiger partial charge in [-0.3, -0.25) is 4.79 Å². The van der Waals surface area contributed by atoms with Crippen LogP contribution >= 0.6 is 0 Å². The molecule has 8 heteroatoms. The van der Waals surface area contributed by atoms with Crippen LogP contribution in [0, 0.1) is 0 Å². The van der Waals surface area contributed by atoms with Crippen molar-refractivity contribution in [3.05, 3.63) is 77.5 Å². The van der Waals surface area contributed by atoms with Gasteiger partial charge in [-0.25, -0.2) is 0 Å². The second-order valence-electron chi connectivity index (χ2n) is 7.46. The Morgan fingerprint density at radius 3 is 1.92 bits per heavy atom. The lowest BCUT2D eigenvalue weighted by Crippen LogP contribution is -2.00. The molecule has 3 rings (SSSR count). The van der Waals surface area contributed by atoms with Gasteiger partial charge in [0.1, 0.15) is 5.75 Å². The summed E-state index contributed by atoms with van der Waals surface area (Å²) in [6.07, 6.45) is 6.52. The molecule has 0 amide bonds. The normalized spacial score (nSPS) is 10.9. The van der Waals surface area contributed by atoms with Crippen molar-refractivity contribution in [3.63, 3.8) is 0 Å². The van der Waals surface area contributed by atoms with Crippen molar-refractivity contribution in [2.75, 3.05) is 40.9 Å². The average Bonchev–Trinajstić information content (AvgIpc) is 2.90. The van der Waals surface area contributed by atoms with Crippen molar-refractivity contribution in [1.29, 1.82) is 0 Å². The fraction of sp³-hybridized carbons (Fsp3) is 0.179. The largest absolute Gasteiger partial charge is 0.504 e. The number of nitrogens with one attached hydrogen (secondary N) is 1. The van der Waals surface area contributed by atoms with Crippen LogP contribution in [0.4, 0.5) is 5.69 Å². The van der Waals surface area contributed by atoms with E-state index in [1.165, 1.54) is 26.5 Å². The molecule has 36 heavy (non-hydrogen) atoms. The number of methoxy groups -OCH3 is 5. The first-order valence-corrected chi connectivity index (χ1v) is 10.9. The monoisotopic (exact) mass is 491 g/mol. The molecule has 0 aliphatic heterocycles. The number of phenolic OH excluding ortho intramolecular Hbond substituents is 1. The van der Waals surface area contributed by atoms with Crippen LogP contribution < -0.4 is 29.0 Å². The smallest absolute Gasteiger partial charge is 0.203 e. The number of rotatable bonds is 11. The van der Waals surface area contributed by atoms with Crippen molar-refractivity contribution in [2.45, 2.75) is 0 Å². The number of carbonyl (C=O) groups excluding carboxylic acids is 1. The molecule has 0 aromatic heterocycles. The maximum Gasteiger partial charge on any atom is 0.203 e. The molecule has 0 spiro atoms. The Morgan fingerprint density at radius 2 is 1.33 bits per heavy atom. The molecule has 0 unspecified atom stereocenters. The van der Waals surface area contributed by atoms with Crippen LogP contribution in [0.5, 0.6) is 34.5 Å². The summed E-state index contributed by atoms with van der Waals surface area (Å²) in [6.45, 7) is 0. The van der Waals surface area contributed by atoms with E-state index < -0.39 is 0 Å². The number of benzene rings is 3. The van der Waals surface area contributed by atoms with Crippen LogP contribution in [0.15, 0.2) is 60.8 Å². The van der Waals surface area contributed by atoms with Gasteiger partial charge in [0.2, 0.25) is 5.75 Å². The summed E-state index contributed by atoms with van der Waals surface area (Å²) in [4.78, 5) is 12.6. The Bertz CT molecular complexity index is 1260. The maximum atomic E-state index is 12.6. The number of allylic oxidation sites excluding steroid dienone is 1. The summed E-state index contributed by atoms with van der Waals surface area (Å²) in [6, 6.07) is 13.9. The topological polar surface area (TPSA) is 95.5 Å². The van der Waals surface area contributed by atoms with E-state index in [1.807, 2.05) is 24.3 Å². The third-order valence-corrected chi connectivity index (χ3v) is 5.30. The number of anilines is 1. The molecule has 0 saturated heterocycles. The molecule has 2 N–H and O–H groups in total. The summed E-state index contributed by atoms with van der Waals surface area (Å²) in [7, 11) is 7.61. The van der Waals surface area contributed by atoms with Crippen molar-refractivity contribution in [2.24, 2.45) is 0 Å². The van der Waals surface area contributed by atoms with Gasteiger partial charge in [0.15, 0.2) is 28.8 Å².